The van der Waals surface area contributed by atoms with Crippen LogP contribution in [0, 0.1) is 5.92 Å². The molecule has 0 radical (unpaired) electrons. The molecule has 0 aromatic heterocycles. The van der Waals surface area contributed by atoms with E-state index < -0.39 is 0 Å². The van der Waals surface area contributed by atoms with Crippen molar-refractivity contribution in [2.75, 3.05) is 27.2 Å². The number of likely N-dealkylation sites (N-methyl/N-ethyl adjacent to an activating group) is 1. The van der Waals surface area contributed by atoms with Crippen LogP contribution in [0.25, 0.3) is 0 Å². The molecule has 0 spiro atoms. The van der Waals surface area contributed by atoms with Gasteiger partial charge in [-0.3, -0.25) is 4.90 Å². The highest BCUT2D eigenvalue weighted by molar-refractivity contribution is 5.28. The zero-order valence-electron chi connectivity index (χ0n) is 10.9. The zero-order chi connectivity index (χ0) is 12.3. The van der Waals surface area contributed by atoms with E-state index in [1.165, 1.54) is 12.1 Å². The second kappa shape index (κ2) is 5.52. The number of nitrogens with one attached hydrogen (secondary N) is 1. The highest BCUT2D eigenvalue weighted by atomic mass is 16.5. The Kier molecular flexibility index (Phi) is 4.02. The topological polar surface area (TPSA) is 24.5 Å². The number of benzene rings is 1. The molecule has 94 valence electrons. The lowest BCUT2D eigenvalue weighted by atomic mass is 10.1. The minimum Gasteiger partial charge on any atom is -0.497 e. The van der Waals surface area contributed by atoms with Gasteiger partial charge in [-0.2, -0.15) is 0 Å². The third-order valence-electron chi connectivity index (χ3n) is 3.60. The van der Waals surface area contributed by atoms with Crippen molar-refractivity contribution in [3.05, 3.63) is 29.8 Å². The van der Waals surface area contributed by atoms with E-state index in [0.717, 1.165) is 24.8 Å². The lowest BCUT2D eigenvalue weighted by Gasteiger charge is -2.16. The molecule has 1 fully saturated rings. The molecule has 1 aliphatic rings. The van der Waals surface area contributed by atoms with Crippen LogP contribution >= 0.6 is 0 Å². The van der Waals surface area contributed by atoms with Gasteiger partial charge in [-0.15, -0.1) is 0 Å². The Hall–Kier alpha value is -1.06. The van der Waals surface area contributed by atoms with E-state index in [1.807, 2.05) is 6.07 Å². The normalized spacial score (nSPS) is 25.1. The predicted octanol–water partition coefficient (Wildman–Crippen LogP) is 1.73. The van der Waals surface area contributed by atoms with Crippen molar-refractivity contribution in [1.29, 1.82) is 0 Å². The van der Waals surface area contributed by atoms with E-state index in [0.29, 0.717) is 6.04 Å². The van der Waals surface area contributed by atoms with Crippen molar-refractivity contribution in [2.45, 2.75) is 19.5 Å². The van der Waals surface area contributed by atoms with Crippen LogP contribution in [0.3, 0.4) is 0 Å². The highest BCUT2D eigenvalue weighted by Crippen LogP contribution is 2.20. The summed E-state index contributed by atoms with van der Waals surface area (Å²) in [6.45, 7) is 5.63. The van der Waals surface area contributed by atoms with Gasteiger partial charge in [0.05, 0.1) is 7.11 Å². The van der Waals surface area contributed by atoms with Crippen molar-refractivity contribution in [3.63, 3.8) is 0 Å². The lowest BCUT2D eigenvalue weighted by Crippen LogP contribution is -2.32. The molecular weight excluding hydrogens is 212 g/mol. The number of methoxy groups -OCH3 is 1. The van der Waals surface area contributed by atoms with Crippen LogP contribution in [0.4, 0.5) is 0 Å². The minimum atomic E-state index is 0.626. The monoisotopic (exact) mass is 234 g/mol. The molecule has 2 rings (SSSR count). The van der Waals surface area contributed by atoms with Gasteiger partial charge in [0.25, 0.3) is 0 Å². The zero-order valence-corrected chi connectivity index (χ0v) is 10.9. The maximum atomic E-state index is 5.25. The summed E-state index contributed by atoms with van der Waals surface area (Å²) in [5, 5.41) is 3.39. The van der Waals surface area contributed by atoms with Crippen molar-refractivity contribution in [1.82, 2.24) is 10.2 Å². The molecule has 1 saturated heterocycles. The number of likely N-dealkylation sites (tertiary alicyclic amines) is 1. The van der Waals surface area contributed by atoms with E-state index in [2.05, 4.69) is 42.4 Å². The van der Waals surface area contributed by atoms with Crippen LogP contribution in [-0.4, -0.2) is 38.2 Å². The average Bonchev–Trinajstić information content (AvgIpc) is 2.69. The van der Waals surface area contributed by atoms with Gasteiger partial charge in [0.1, 0.15) is 5.75 Å². The van der Waals surface area contributed by atoms with Crippen molar-refractivity contribution < 1.29 is 4.74 Å². The standard InChI is InChI=1S/C14H22N2O/c1-11-8-16(10-14(11)15-2)9-12-5-4-6-13(7-12)17-3/h4-7,11,14-15H,8-10H2,1-3H3. The molecule has 1 aromatic carbocycles. The summed E-state index contributed by atoms with van der Waals surface area (Å²) in [6, 6.07) is 8.97. The molecule has 1 N–H and O–H groups in total. The van der Waals surface area contributed by atoms with Gasteiger partial charge in [-0.1, -0.05) is 19.1 Å². The SMILES string of the molecule is CNC1CN(Cc2cccc(OC)c2)CC1C. The minimum absolute atomic E-state index is 0.626. The fraction of sp³-hybridized carbons (Fsp3) is 0.571. The van der Waals surface area contributed by atoms with Crippen molar-refractivity contribution in [3.8, 4) is 5.75 Å². The molecule has 0 amide bonds. The van der Waals surface area contributed by atoms with Crippen LogP contribution in [0.5, 0.6) is 5.75 Å². The molecule has 0 saturated carbocycles. The molecule has 2 unspecified atom stereocenters. The number of ether oxygens (including phenoxy) is 1. The molecule has 0 aliphatic carbocycles. The summed E-state index contributed by atoms with van der Waals surface area (Å²) < 4.78 is 5.25. The molecule has 0 bridgehead atoms. The van der Waals surface area contributed by atoms with E-state index in [4.69, 9.17) is 4.74 Å². The molecule has 1 aliphatic heterocycles. The second-order valence-electron chi connectivity index (χ2n) is 4.92. The van der Waals surface area contributed by atoms with Gasteiger partial charge in [-0.25, -0.2) is 0 Å². The van der Waals surface area contributed by atoms with Gasteiger partial charge in [-0.05, 0) is 30.7 Å². The quantitative estimate of drug-likeness (QED) is 0.859. The summed E-state index contributed by atoms with van der Waals surface area (Å²) in [6.07, 6.45) is 0. The highest BCUT2D eigenvalue weighted by Gasteiger charge is 2.27. The van der Waals surface area contributed by atoms with Crippen LogP contribution in [0.2, 0.25) is 0 Å². The Morgan fingerprint density at radius 1 is 1.41 bits per heavy atom. The molecular formula is C14H22N2O. The van der Waals surface area contributed by atoms with Gasteiger partial charge >= 0.3 is 0 Å². The lowest BCUT2D eigenvalue weighted by molar-refractivity contribution is 0.316. The summed E-state index contributed by atoms with van der Waals surface area (Å²) >= 11 is 0. The summed E-state index contributed by atoms with van der Waals surface area (Å²) in [5.41, 5.74) is 1.33. The van der Waals surface area contributed by atoms with Crippen molar-refractivity contribution in [2.24, 2.45) is 5.92 Å². The maximum Gasteiger partial charge on any atom is 0.119 e. The summed E-state index contributed by atoms with van der Waals surface area (Å²) in [4.78, 5) is 2.50. The average molecular weight is 234 g/mol. The first-order chi connectivity index (χ1) is 8.22. The first kappa shape index (κ1) is 12.4. The first-order valence-electron chi connectivity index (χ1n) is 6.25. The van der Waals surface area contributed by atoms with Gasteiger partial charge in [0.15, 0.2) is 0 Å². The molecule has 1 aromatic rings. The fourth-order valence-electron chi connectivity index (χ4n) is 2.60. The smallest absolute Gasteiger partial charge is 0.119 e. The van der Waals surface area contributed by atoms with Crippen LogP contribution in [0.1, 0.15) is 12.5 Å². The number of hydrogen-bond donors (Lipinski definition) is 1. The van der Waals surface area contributed by atoms with Crippen LogP contribution in [-0.2, 0) is 6.54 Å². The van der Waals surface area contributed by atoms with E-state index in [1.54, 1.807) is 7.11 Å². The number of nitrogens with zero attached hydrogens (tertiary/aromatic N) is 1. The second-order valence-corrected chi connectivity index (χ2v) is 4.92. The summed E-state index contributed by atoms with van der Waals surface area (Å²) in [7, 11) is 3.77. The van der Waals surface area contributed by atoms with E-state index in [9.17, 15) is 0 Å². The Bertz CT molecular complexity index is 367. The van der Waals surface area contributed by atoms with Crippen molar-refractivity contribution >= 4 is 0 Å². The Labute approximate surface area is 104 Å². The maximum absolute atomic E-state index is 5.25. The Morgan fingerprint density at radius 2 is 2.24 bits per heavy atom. The molecule has 3 heteroatoms. The predicted molar refractivity (Wildman–Crippen MR) is 70.3 cm³/mol. The van der Waals surface area contributed by atoms with Gasteiger partial charge < -0.3 is 10.1 Å². The third kappa shape index (κ3) is 2.99. The van der Waals surface area contributed by atoms with E-state index >= 15 is 0 Å². The number of hydrogen-bond acceptors (Lipinski definition) is 3. The largest absolute Gasteiger partial charge is 0.497 e. The Morgan fingerprint density at radius 3 is 2.88 bits per heavy atom. The molecule has 17 heavy (non-hydrogen) atoms. The molecule has 3 nitrogen and oxygen atoms in total. The third-order valence-corrected chi connectivity index (χ3v) is 3.60. The molecule has 1 heterocycles. The van der Waals surface area contributed by atoms with Crippen LogP contribution in [0.15, 0.2) is 24.3 Å². The first-order valence-corrected chi connectivity index (χ1v) is 6.25. The van der Waals surface area contributed by atoms with Crippen LogP contribution < -0.4 is 10.1 Å². The van der Waals surface area contributed by atoms with E-state index in [-0.39, 0.29) is 0 Å². The molecule has 2 atom stereocenters. The Balaban J connectivity index is 1.97. The number of rotatable bonds is 4. The summed E-state index contributed by atoms with van der Waals surface area (Å²) in [5.74, 6) is 1.67. The van der Waals surface area contributed by atoms with Gasteiger partial charge in [0.2, 0.25) is 0 Å². The van der Waals surface area contributed by atoms with Gasteiger partial charge in [0, 0.05) is 25.7 Å². The fourth-order valence-corrected chi connectivity index (χ4v) is 2.60.